The quantitative estimate of drug-likeness (QED) is 0.584. The number of nitrogens with zero attached hydrogens (tertiary/aromatic N) is 4. The number of benzene rings is 2. The number of amides is 1. The second kappa shape index (κ2) is 7.84. The van der Waals surface area contributed by atoms with Gasteiger partial charge in [0.15, 0.2) is 0 Å². The zero-order chi connectivity index (χ0) is 19.3. The van der Waals surface area contributed by atoms with Crippen molar-refractivity contribution in [2.45, 2.75) is 13.0 Å². The third-order valence-corrected chi connectivity index (χ3v) is 4.64. The van der Waals surface area contributed by atoms with Crippen LogP contribution in [0.1, 0.15) is 33.1 Å². The summed E-state index contributed by atoms with van der Waals surface area (Å²) < 4.78 is 1.76. The van der Waals surface area contributed by atoms with Crippen LogP contribution in [0.4, 0.5) is 0 Å². The van der Waals surface area contributed by atoms with E-state index in [4.69, 9.17) is 0 Å². The topological polar surface area (TPSA) is 72.7 Å². The number of carbonyl (C=O) groups excluding carboxylic acids is 1. The lowest BCUT2D eigenvalue weighted by molar-refractivity contribution is 0.0943. The summed E-state index contributed by atoms with van der Waals surface area (Å²) in [6.07, 6.45) is 6.67. The van der Waals surface area contributed by atoms with Gasteiger partial charge in [0.25, 0.3) is 5.91 Å². The molecule has 1 N–H and O–H groups in total. The first-order chi connectivity index (χ1) is 13.7. The van der Waals surface area contributed by atoms with Crippen LogP contribution in [0.2, 0.25) is 0 Å². The number of aryl methyl sites for hydroxylation is 1. The average Bonchev–Trinajstić information content (AvgIpc) is 3.28. The predicted octanol–water partition coefficient (Wildman–Crippen LogP) is 3.49. The van der Waals surface area contributed by atoms with Gasteiger partial charge in [0, 0.05) is 23.6 Å². The largest absolute Gasteiger partial charge is 0.341 e. The molecule has 0 radical (unpaired) electrons. The molecule has 2 aromatic heterocycles. The Morgan fingerprint density at radius 2 is 1.71 bits per heavy atom. The van der Waals surface area contributed by atoms with E-state index >= 15 is 0 Å². The Labute approximate surface area is 162 Å². The molecule has 0 spiro atoms. The molecule has 2 heterocycles. The van der Waals surface area contributed by atoms with Crippen molar-refractivity contribution in [1.29, 1.82) is 0 Å². The van der Waals surface area contributed by atoms with Crippen molar-refractivity contribution >= 4 is 5.91 Å². The molecule has 0 bridgehead atoms. The fourth-order valence-electron chi connectivity index (χ4n) is 3.16. The van der Waals surface area contributed by atoms with Crippen molar-refractivity contribution in [3.05, 3.63) is 108 Å². The Balaban J connectivity index is 1.67. The van der Waals surface area contributed by atoms with E-state index in [-0.39, 0.29) is 11.9 Å². The Morgan fingerprint density at radius 3 is 2.46 bits per heavy atom. The zero-order valence-corrected chi connectivity index (χ0v) is 15.4. The molecule has 0 fully saturated rings. The summed E-state index contributed by atoms with van der Waals surface area (Å²) in [5, 5.41) is 10.8. The molecule has 4 aromatic rings. The zero-order valence-electron chi connectivity index (χ0n) is 15.4. The van der Waals surface area contributed by atoms with Gasteiger partial charge in [-0.3, -0.25) is 14.3 Å². The SMILES string of the molecule is Cc1ccccc1[C@H](NC(=O)c1cccc(-n2cnnc2)c1)c1ccncc1. The third-order valence-electron chi connectivity index (χ3n) is 4.64. The van der Waals surface area contributed by atoms with Crippen molar-refractivity contribution < 1.29 is 4.79 Å². The van der Waals surface area contributed by atoms with Crippen LogP contribution in [0.5, 0.6) is 0 Å². The number of aromatic nitrogens is 4. The van der Waals surface area contributed by atoms with Gasteiger partial charge in [0.1, 0.15) is 12.7 Å². The minimum atomic E-state index is -0.268. The Hall–Kier alpha value is -3.80. The van der Waals surface area contributed by atoms with Gasteiger partial charge in [-0.05, 0) is 53.9 Å². The molecule has 0 saturated carbocycles. The monoisotopic (exact) mass is 369 g/mol. The van der Waals surface area contributed by atoms with E-state index in [2.05, 4.69) is 20.5 Å². The van der Waals surface area contributed by atoms with Gasteiger partial charge >= 0.3 is 0 Å². The van der Waals surface area contributed by atoms with Gasteiger partial charge in [0.2, 0.25) is 0 Å². The second-order valence-corrected chi connectivity index (χ2v) is 6.46. The first-order valence-electron chi connectivity index (χ1n) is 8.94. The molecule has 0 unspecified atom stereocenters. The maximum Gasteiger partial charge on any atom is 0.252 e. The minimum Gasteiger partial charge on any atom is -0.341 e. The van der Waals surface area contributed by atoms with Gasteiger partial charge in [-0.25, -0.2) is 0 Å². The molecule has 0 aliphatic rings. The second-order valence-electron chi connectivity index (χ2n) is 6.46. The standard InChI is InChI=1S/C22H19N5O/c1-16-5-2-3-8-20(16)21(17-9-11-23-12-10-17)26-22(28)18-6-4-7-19(13-18)27-14-24-25-15-27/h2-15,21H,1H3,(H,26,28)/t21-/m1/s1. The molecule has 4 rings (SSSR count). The smallest absolute Gasteiger partial charge is 0.252 e. The van der Waals surface area contributed by atoms with Crippen LogP contribution in [-0.2, 0) is 0 Å². The summed E-state index contributed by atoms with van der Waals surface area (Å²) in [6, 6.07) is 19.0. The van der Waals surface area contributed by atoms with Crippen LogP contribution < -0.4 is 5.32 Å². The van der Waals surface area contributed by atoms with Crippen molar-refractivity contribution in [2.24, 2.45) is 0 Å². The third kappa shape index (κ3) is 3.66. The number of carbonyl (C=O) groups is 1. The normalized spacial score (nSPS) is 11.8. The number of rotatable bonds is 5. The molecule has 6 heteroatoms. The Morgan fingerprint density at radius 1 is 0.964 bits per heavy atom. The predicted molar refractivity (Wildman–Crippen MR) is 106 cm³/mol. The van der Waals surface area contributed by atoms with Gasteiger partial charge in [0.05, 0.1) is 6.04 Å². The van der Waals surface area contributed by atoms with E-state index in [1.807, 2.05) is 61.5 Å². The maximum absolute atomic E-state index is 13.1. The Bertz CT molecular complexity index is 1080. The summed E-state index contributed by atoms with van der Waals surface area (Å²) in [7, 11) is 0. The van der Waals surface area contributed by atoms with Crippen LogP contribution in [0.3, 0.4) is 0 Å². The molecular weight excluding hydrogens is 350 g/mol. The van der Waals surface area contributed by atoms with Crippen LogP contribution in [0.15, 0.2) is 85.7 Å². The number of hydrogen-bond acceptors (Lipinski definition) is 4. The van der Waals surface area contributed by atoms with Crippen LogP contribution in [0.25, 0.3) is 5.69 Å². The molecule has 6 nitrogen and oxygen atoms in total. The molecule has 2 aromatic carbocycles. The lowest BCUT2D eigenvalue weighted by Gasteiger charge is -2.21. The summed E-state index contributed by atoms with van der Waals surface area (Å²) in [6.45, 7) is 2.04. The highest BCUT2D eigenvalue weighted by atomic mass is 16.1. The average molecular weight is 369 g/mol. The van der Waals surface area contributed by atoms with Crippen LogP contribution >= 0.6 is 0 Å². The molecular formula is C22H19N5O. The molecule has 138 valence electrons. The lowest BCUT2D eigenvalue weighted by atomic mass is 9.95. The van der Waals surface area contributed by atoms with E-state index in [0.29, 0.717) is 5.56 Å². The van der Waals surface area contributed by atoms with E-state index in [0.717, 1.165) is 22.4 Å². The fourth-order valence-corrected chi connectivity index (χ4v) is 3.16. The highest BCUT2D eigenvalue weighted by Crippen LogP contribution is 2.25. The number of hydrogen-bond donors (Lipinski definition) is 1. The molecule has 0 aliphatic carbocycles. The van der Waals surface area contributed by atoms with Crippen LogP contribution in [0, 0.1) is 6.92 Å². The van der Waals surface area contributed by atoms with Gasteiger partial charge < -0.3 is 5.32 Å². The van der Waals surface area contributed by atoms with E-state index in [9.17, 15) is 4.79 Å². The summed E-state index contributed by atoms with van der Waals surface area (Å²) >= 11 is 0. The lowest BCUT2D eigenvalue weighted by Crippen LogP contribution is -2.30. The molecule has 1 atom stereocenters. The van der Waals surface area contributed by atoms with E-state index < -0.39 is 0 Å². The van der Waals surface area contributed by atoms with Gasteiger partial charge in [-0.2, -0.15) is 0 Å². The molecule has 1 amide bonds. The highest BCUT2D eigenvalue weighted by Gasteiger charge is 2.19. The van der Waals surface area contributed by atoms with Crippen LogP contribution in [-0.4, -0.2) is 25.7 Å². The van der Waals surface area contributed by atoms with Gasteiger partial charge in [-0.1, -0.05) is 30.3 Å². The maximum atomic E-state index is 13.1. The number of nitrogens with one attached hydrogen (secondary N) is 1. The number of pyridine rings is 1. The summed E-state index contributed by atoms with van der Waals surface area (Å²) in [4.78, 5) is 17.2. The van der Waals surface area contributed by atoms with Crippen molar-refractivity contribution in [3.63, 3.8) is 0 Å². The van der Waals surface area contributed by atoms with E-state index in [1.165, 1.54) is 0 Å². The fraction of sp³-hybridized carbons (Fsp3) is 0.0909. The Kier molecular flexibility index (Phi) is 4.93. The highest BCUT2D eigenvalue weighted by molar-refractivity contribution is 5.95. The summed E-state index contributed by atoms with van der Waals surface area (Å²) in [5.74, 6) is -0.153. The first kappa shape index (κ1) is 17.6. The van der Waals surface area contributed by atoms with Crippen molar-refractivity contribution in [3.8, 4) is 5.69 Å². The molecule has 28 heavy (non-hydrogen) atoms. The summed E-state index contributed by atoms with van der Waals surface area (Å²) in [5.41, 5.74) is 4.54. The van der Waals surface area contributed by atoms with E-state index in [1.54, 1.807) is 35.7 Å². The van der Waals surface area contributed by atoms with Gasteiger partial charge in [-0.15, -0.1) is 10.2 Å². The first-order valence-corrected chi connectivity index (χ1v) is 8.94. The van der Waals surface area contributed by atoms with Crippen molar-refractivity contribution in [1.82, 2.24) is 25.1 Å². The molecule has 0 aliphatic heterocycles. The minimum absolute atomic E-state index is 0.153. The van der Waals surface area contributed by atoms with Crippen molar-refractivity contribution in [2.75, 3.05) is 0 Å². The molecule has 0 saturated heterocycles.